The van der Waals surface area contributed by atoms with Gasteiger partial charge in [-0.3, -0.25) is 4.79 Å². The van der Waals surface area contributed by atoms with E-state index in [0.29, 0.717) is 12.8 Å². The molecule has 1 N–H and O–H groups in total. The second-order valence-electron chi connectivity index (χ2n) is 8.62. The number of aryl methyl sites for hydroxylation is 2. The maximum Gasteiger partial charge on any atom is 0.220 e. The van der Waals surface area contributed by atoms with Gasteiger partial charge in [0.15, 0.2) is 0 Å². The van der Waals surface area contributed by atoms with Crippen LogP contribution in [0.5, 0.6) is 5.75 Å². The highest BCUT2D eigenvalue weighted by atomic mass is 35.5. The van der Waals surface area contributed by atoms with Gasteiger partial charge in [0.05, 0.1) is 18.5 Å². The van der Waals surface area contributed by atoms with Gasteiger partial charge in [-0.1, -0.05) is 36.7 Å². The number of ether oxygens (including phenoxy) is 1. The number of imidazole rings is 1. The van der Waals surface area contributed by atoms with Gasteiger partial charge in [-0.25, -0.2) is 4.98 Å². The summed E-state index contributed by atoms with van der Waals surface area (Å²) in [6.45, 7) is 6.15. The standard InChI is InChI=1S/C28H30ClN3O2/c1-5-19(3)30-27(33)14-12-25-28(20-7-6-8-23(16-20)34-4)31-26-13-9-21(17-32(25)26)24-11-10-22(29)15-18(24)2/h6-11,13,15-17,19H,5,12,14H2,1-4H3,(H,30,33). The summed E-state index contributed by atoms with van der Waals surface area (Å²) in [6, 6.07) is 18.1. The van der Waals surface area contributed by atoms with Crippen LogP contribution >= 0.6 is 11.6 Å². The van der Waals surface area contributed by atoms with Crippen molar-refractivity contribution in [3.05, 3.63) is 77.1 Å². The van der Waals surface area contributed by atoms with Crippen LogP contribution in [-0.2, 0) is 11.2 Å². The number of pyridine rings is 1. The van der Waals surface area contributed by atoms with Crippen molar-refractivity contribution in [2.75, 3.05) is 7.11 Å². The number of carbonyl (C=O) groups excluding carboxylic acids is 1. The topological polar surface area (TPSA) is 55.6 Å². The van der Waals surface area contributed by atoms with Crippen LogP contribution in [0, 0.1) is 6.92 Å². The van der Waals surface area contributed by atoms with Gasteiger partial charge < -0.3 is 14.5 Å². The van der Waals surface area contributed by atoms with Crippen LogP contribution in [0.15, 0.2) is 60.8 Å². The lowest BCUT2D eigenvalue weighted by atomic mass is 10.0. The molecule has 0 saturated carbocycles. The maximum absolute atomic E-state index is 12.6. The van der Waals surface area contributed by atoms with E-state index < -0.39 is 0 Å². The Kier molecular flexibility index (Phi) is 7.23. The number of methoxy groups -OCH3 is 1. The molecule has 0 bridgehead atoms. The van der Waals surface area contributed by atoms with E-state index in [1.807, 2.05) is 55.5 Å². The average Bonchev–Trinajstić information content (AvgIpc) is 3.20. The Morgan fingerprint density at radius 2 is 1.97 bits per heavy atom. The van der Waals surface area contributed by atoms with Crippen LogP contribution in [0.4, 0.5) is 0 Å². The Morgan fingerprint density at radius 1 is 1.15 bits per heavy atom. The van der Waals surface area contributed by atoms with Crippen molar-refractivity contribution in [1.29, 1.82) is 0 Å². The van der Waals surface area contributed by atoms with Gasteiger partial charge in [-0.05, 0) is 79.8 Å². The van der Waals surface area contributed by atoms with Gasteiger partial charge in [-0.2, -0.15) is 0 Å². The van der Waals surface area contributed by atoms with Gasteiger partial charge >= 0.3 is 0 Å². The molecule has 0 saturated heterocycles. The molecule has 176 valence electrons. The first-order chi connectivity index (χ1) is 16.4. The van der Waals surface area contributed by atoms with Crippen molar-refractivity contribution in [3.8, 4) is 28.1 Å². The Hall–Kier alpha value is -3.31. The van der Waals surface area contributed by atoms with Crippen molar-refractivity contribution >= 4 is 23.2 Å². The Labute approximate surface area is 205 Å². The number of carbonyl (C=O) groups is 1. The van der Waals surface area contributed by atoms with Gasteiger partial charge in [-0.15, -0.1) is 0 Å². The molecule has 34 heavy (non-hydrogen) atoms. The normalized spacial score (nSPS) is 12.0. The fourth-order valence-electron chi connectivity index (χ4n) is 4.13. The Bertz CT molecular complexity index is 1330. The Morgan fingerprint density at radius 3 is 2.71 bits per heavy atom. The van der Waals surface area contributed by atoms with Gasteiger partial charge in [0.1, 0.15) is 11.4 Å². The fraction of sp³-hybridized carbons (Fsp3) is 0.286. The molecule has 1 atom stereocenters. The molecular weight excluding hydrogens is 446 g/mol. The molecule has 2 aromatic carbocycles. The van der Waals surface area contributed by atoms with Crippen molar-refractivity contribution in [1.82, 2.24) is 14.7 Å². The van der Waals surface area contributed by atoms with Crippen LogP contribution < -0.4 is 10.1 Å². The van der Waals surface area contributed by atoms with E-state index in [-0.39, 0.29) is 11.9 Å². The predicted molar refractivity (Wildman–Crippen MR) is 139 cm³/mol. The summed E-state index contributed by atoms with van der Waals surface area (Å²) in [5.41, 5.74) is 6.95. The van der Waals surface area contributed by atoms with E-state index in [9.17, 15) is 4.79 Å². The second-order valence-corrected chi connectivity index (χ2v) is 9.06. The van der Waals surface area contributed by atoms with Crippen molar-refractivity contribution in [2.45, 2.75) is 46.1 Å². The number of halogens is 1. The van der Waals surface area contributed by atoms with Crippen molar-refractivity contribution in [3.63, 3.8) is 0 Å². The summed E-state index contributed by atoms with van der Waals surface area (Å²) in [5.74, 6) is 0.818. The minimum absolute atomic E-state index is 0.0468. The maximum atomic E-state index is 12.6. The number of nitrogens with one attached hydrogen (secondary N) is 1. The summed E-state index contributed by atoms with van der Waals surface area (Å²) in [6.07, 6.45) is 3.96. The summed E-state index contributed by atoms with van der Waals surface area (Å²) in [5, 5.41) is 3.79. The van der Waals surface area contributed by atoms with Gasteiger partial charge in [0.25, 0.3) is 0 Å². The van der Waals surface area contributed by atoms with Crippen LogP contribution in [0.3, 0.4) is 0 Å². The molecule has 0 spiro atoms. The lowest BCUT2D eigenvalue weighted by Crippen LogP contribution is -2.32. The molecule has 1 unspecified atom stereocenters. The lowest BCUT2D eigenvalue weighted by Gasteiger charge is -2.12. The highest BCUT2D eigenvalue weighted by Gasteiger charge is 2.17. The summed E-state index contributed by atoms with van der Waals surface area (Å²) < 4.78 is 7.54. The molecule has 0 aliphatic carbocycles. The largest absolute Gasteiger partial charge is 0.497 e. The third-order valence-electron chi connectivity index (χ3n) is 6.17. The highest BCUT2D eigenvalue weighted by molar-refractivity contribution is 6.30. The van der Waals surface area contributed by atoms with E-state index >= 15 is 0 Å². The molecule has 4 rings (SSSR count). The predicted octanol–water partition coefficient (Wildman–Crippen LogP) is 6.49. The van der Waals surface area contributed by atoms with E-state index in [0.717, 1.165) is 56.5 Å². The SMILES string of the molecule is CCC(C)NC(=O)CCc1c(-c2cccc(OC)c2)nc2ccc(-c3ccc(Cl)cc3C)cn12. The third kappa shape index (κ3) is 5.10. The summed E-state index contributed by atoms with van der Waals surface area (Å²) >= 11 is 6.17. The zero-order valence-corrected chi connectivity index (χ0v) is 20.8. The third-order valence-corrected chi connectivity index (χ3v) is 6.40. The zero-order chi connectivity index (χ0) is 24.2. The number of nitrogens with zero attached hydrogens (tertiary/aromatic N) is 2. The van der Waals surface area contributed by atoms with Crippen LogP contribution in [-0.4, -0.2) is 28.4 Å². The molecule has 0 aliphatic heterocycles. The zero-order valence-electron chi connectivity index (χ0n) is 20.1. The molecule has 6 heteroatoms. The van der Waals surface area contributed by atoms with Crippen LogP contribution in [0.2, 0.25) is 5.02 Å². The number of rotatable bonds is 8. The van der Waals surface area contributed by atoms with Gasteiger partial charge in [0, 0.05) is 29.2 Å². The quantitative estimate of drug-likeness (QED) is 0.317. The first-order valence-corrected chi connectivity index (χ1v) is 12.0. The molecule has 0 aliphatic rings. The molecular formula is C28H30ClN3O2. The number of fused-ring (bicyclic) bond motifs is 1. The number of benzene rings is 2. The molecule has 2 aromatic heterocycles. The molecule has 4 aromatic rings. The summed E-state index contributed by atoms with van der Waals surface area (Å²) in [7, 11) is 1.66. The fourth-order valence-corrected chi connectivity index (χ4v) is 4.35. The number of amides is 1. The molecule has 2 heterocycles. The molecule has 0 radical (unpaired) electrons. The minimum atomic E-state index is 0.0468. The monoisotopic (exact) mass is 475 g/mol. The van der Waals surface area contributed by atoms with Crippen LogP contribution in [0.25, 0.3) is 28.0 Å². The summed E-state index contributed by atoms with van der Waals surface area (Å²) in [4.78, 5) is 17.5. The van der Waals surface area contributed by atoms with E-state index in [1.165, 1.54) is 0 Å². The highest BCUT2D eigenvalue weighted by Crippen LogP contribution is 2.31. The van der Waals surface area contributed by atoms with E-state index in [1.54, 1.807) is 7.11 Å². The van der Waals surface area contributed by atoms with Crippen LogP contribution in [0.1, 0.15) is 37.9 Å². The first-order valence-electron chi connectivity index (χ1n) is 11.6. The van der Waals surface area contributed by atoms with Gasteiger partial charge in [0.2, 0.25) is 5.91 Å². The van der Waals surface area contributed by atoms with E-state index in [2.05, 4.69) is 35.8 Å². The number of hydrogen-bond donors (Lipinski definition) is 1. The Balaban J connectivity index is 1.79. The number of hydrogen-bond acceptors (Lipinski definition) is 3. The number of aromatic nitrogens is 2. The van der Waals surface area contributed by atoms with Crippen molar-refractivity contribution in [2.24, 2.45) is 0 Å². The lowest BCUT2D eigenvalue weighted by molar-refractivity contribution is -0.121. The minimum Gasteiger partial charge on any atom is -0.497 e. The molecule has 5 nitrogen and oxygen atoms in total. The molecule has 1 amide bonds. The first kappa shape index (κ1) is 23.8. The smallest absolute Gasteiger partial charge is 0.220 e. The van der Waals surface area contributed by atoms with E-state index in [4.69, 9.17) is 21.3 Å². The molecule has 0 fully saturated rings. The average molecular weight is 476 g/mol. The second kappa shape index (κ2) is 10.3. The van der Waals surface area contributed by atoms with Crippen molar-refractivity contribution < 1.29 is 9.53 Å².